The van der Waals surface area contributed by atoms with Crippen LogP contribution in [-0.2, 0) is 22.9 Å². The van der Waals surface area contributed by atoms with Crippen LogP contribution in [0.5, 0.6) is 0 Å². The van der Waals surface area contributed by atoms with Gasteiger partial charge in [0.25, 0.3) is 5.56 Å². The topological polar surface area (TPSA) is 109 Å². The molecular formula is C10H12IN2O7P. The molecule has 21 heavy (non-hydrogen) atoms. The van der Waals surface area contributed by atoms with Gasteiger partial charge in [-0.1, -0.05) is 0 Å². The Kier molecular flexibility index (Phi) is 4.10. The summed E-state index contributed by atoms with van der Waals surface area (Å²) in [7, 11) is -2.30. The van der Waals surface area contributed by atoms with Gasteiger partial charge in [0.1, 0.15) is 18.4 Å². The quantitative estimate of drug-likeness (QED) is 0.541. The zero-order valence-electron chi connectivity index (χ0n) is 10.9. The summed E-state index contributed by atoms with van der Waals surface area (Å²) in [5.74, 6) is 0. The number of hydrogen-bond donors (Lipinski definition) is 1. The molecule has 1 aromatic heterocycles. The molecule has 4 atom stereocenters. The van der Waals surface area contributed by atoms with Crippen LogP contribution in [0.15, 0.2) is 15.8 Å². The first-order chi connectivity index (χ1) is 9.92. The van der Waals surface area contributed by atoms with Gasteiger partial charge in [0.15, 0.2) is 0 Å². The van der Waals surface area contributed by atoms with E-state index in [0.717, 1.165) is 0 Å². The number of hydrogen-bond acceptors (Lipinski definition) is 7. The minimum Gasteiger partial charge on any atom is -0.349 e. The maximum absolute atomic E-state index is 11.9. The SMILES string of the molecule is CO[P@@]1(=O)OC[C@H]2O[C@@H](n3cc(I)c(=O)[nH]c3=O)C[C@@H]2O1. The van der Waals surface area contributed by atoms with E-state index in [1.165, 1.54) is 17.9 Å². The van der Waals surface area contributed by atoms with Crippen molar-refractivity contribution in [2.45, 2.75) is 24.9 Å². The number of nitrogens with zero attached hydrogens (tertiary/aromatic N) is 1. The molecule has 3 rings (SSSR count). The lowest BCUT2D eigenvalue weighted by Crippen LogP contribution is -2.34. The smallest absolute Gasteiger partial charge is 0.349 e. The van der Waals surface area contributed by atoms with Crippen LogP contribution in [0.3, 0.4) is 0 Å². The van der Waals surface area contributed by atoms with Crippen molar-refractivity contribution < 1.29 is 22.9 Å². The minimum atomic E-state index is -3.54. The Morgan fingerprint density at radius 3 is 2.95 bits per heavy atom. The first-order valence-corrected chi connectivity index (χ1v) is 8.61. The highest BCUT2D eigenvalue weighted by molar-refractivity contribution is 14.1. The summed E-state index contributed by atoms with van der Waals surface area (Å²) in [5, 5.41) is 0. The lowest BCUT2D eigenvalue weighted by molar-refractivity contribution is -0.0702. The first kappa shape index (κ1) is 15.4. The molecule has 116 valence electrons. The van der Waals surface area contributed by atoms with Gasteiger partial charge in [0, 0.05) is 19.7 Å². The summed E-state index contributed by atoms with van der Waals surface area (Å²) in [5.41, 5.74) is -1.02. The fraction of sp³-hybridized carbons (Fsp3) is 0.600. The molecule has 3 heterocycles. The molecule has 0 aromatic carbocycles. The molecule has 1 aromatic rings. The number of aromatic nitrogens is 2. The van der Waals surface area contributed by atoms with E-state index in [4.69, 9.17) is 18.3 Å². The van der Waals surface area contributed by atoms with Crippen LogP contribution in [0.25, 0.3) is 0 Å². The van der Waals surface area contributed by atoms with E-state index >= 15 is 0 Å². The molecule has 0 bridgehead atoms. The van der Waals surface area contributed by atoms with Crippen LogP contribution in [-0.4, -0.2) is 35.5 Å². The molecule has 0 radical (unpaired) electrons. The zero-order chi connectivity index (χ0) is 15.2. The normalized spacial score (nSPS) is 35.6. The molecular weight excluding hydrogens is 418 g/mol. The van der Waals surface area contributed by atoms with E-state index in [1.807, 2.05) is 22.6 Å². The van der Waals surface area contributed by atoms with Gasteiger partial charge in [-0.15, -0.1) is 0 Å². The Balaban J connectivity index is 1.85. The molecule has 0 aliphatic carbocycles. The predicted molar refractivity (Wildman–Crippen MR) is 78.0 cm³/mol. The van der Waals surface area contributed by atoms with Crippen molar-refractivity contribution in [3.8, 4) is 0 Å². The van der Waals surface area contributed by atoms with Gasteiger partial charge in [0.2, 0.25) is 0 Å². The van der Waals surface area contributed by atoms with E-state index < -0.39 is 37.5 Å². The van der Waals surface area contributed by atoms with E-state index in [2.05, 4.69) is 4.98 Å². The molecule has 9 nitrogen and oxygen atoms in total. The third-order valence-corrected chi connectivity index (χ3v) is 5.51. The largest absolute Gasteiger partial charge is 0.474 e. The summed E-state index contributed by atoms with van der Waals surface area (Å²) >= 11 is 1.83. The Morgan fingerprint density at radius 1 is 1.48 bits per heavy atom. The van der Waals surface area contributed by atoms with Crippen LogP contribution in [0.4, 0.5) is 0 Å². The van der Waals surface area contributed by atoms with E-state index in [9.17, 15) is 14.2 Å². The lowest BCUT2D eigenvalue weighted by atomic mass is 10.2. The van der Waals surface area contributed by atoms with E-state index in [-0.39, 0.29) is 6.61 Å². The van der Waals surface area contributed by atoms with Gasteiger partial charge in [-0.3, -0.25) is 27.9 Å². The number of H-pyrrole nitrogens is 1. The maximum atomic E-state index is 11.9. The van der Waals surface area contributed by atoms with Gasteiger partial charge in [-0.2, -0.15) is 0 Å². The van der Waals surface area contributed by atoms with Crippen LogP contribution in [0.2, 0.25) is 0 Å². The van der Waals surface area contributed by atoms with Gasteiger partial charge in [-0.25, -0.2) is 9.36 Å². The molecule has 0 spiro atoms. The molecule has 2 saturated heterocycles. The Bertz CT molecular complexity index is 716. The average Bonchev–Trinajstić information content (AvgIpc) is 2.85. The van der Waals surface area contributed by atoms with Crippen LogP contribution >= 0.6 is 30.4 Å². The fourth-order valence-corrected chi connectivity index (χ4v) is 3.83. The van der Waals surface area contributed by atoms with Gasteiger partial charge in [0.05, 0.1) is 10.2 Å². The van der Waals surface area contributed by atoms with Crippen molar-refractivity contribution in [2.75, 3.05) is 13.7 Å². The second kappa shape index (κ2) is 5.60. The molecule has 2 aliphatic heterocycles. The highest BCUT2D eigenvalue weighted by atomic mass is 127. The standard InChI is InChI=1S/C10H12IN2O7P/c1-17-21(16)18-4-7-6(20-21)2-8(19-7)13-3-5(11)9(14)12-10(13)15/h3,6-8H,2,4H2,1H3,(H,12,14,15)/t6-,7+,8+,21-/m0/s1. The van der Waals surface area contributed by atoms with Crippen LogP contribution in [0.1, 0.15) is 12.6 Å². The monoisotopic (exact) mass is 430 g/mol. The highest BCUT2D eigenvalue weighted by Gasteiger charge is 2.47. The summed E-state index contributed by atoms with van der Waals surface area (Å²) < 4.78 is 34.3. The fourth-order valence-electron chi connectivity index (χ4n) is 2.26. The molecule has 0 unspecified atom stereocenters. The average molecular weight is 430 g/mol. The molecule has 0 saturated carbocycles. The number of aromatic amines is 1. The summed E-state index contributed by atoms with van der Waals surface area (Å²) in [6.45, 7) is 0.0570. The number of fused-ring (bicyclic) bond motifs is 1. The Hall–Kier alpha value is -0.520. The molecule has 0 amide bonds. The number of phosphoric acid groups is 1. The number of nitrogens with one attached hydrogen (secondary N) is 1. The minimum absolute atomic E-state index is 0.0570. The lowest BCUT2D eigenvalue weighted by Gasteiger charge is -2.28. The summed E-state index contributed by atoms with van der Waals surface area (Å²) in [6, 6.07) is 0. The maximum Gasteiger partial charge on any atom is 0.474 e. The summed E-state index contributed by atoms with van der Waals surface area (Å²) in [6.07, 6.45) is 0.170. The number of ether oxygens (including phenoxy) is 1. The molecule has 2 fully saturated rings. The van der Waals surface area contributed by atoms with E-state index in [1.54, 1.807) is 0 Å². The van der Waals surface area contributed by atoms with Crippen molar-refractivity contribution in [3.05, 3.63) is 30.6 Å². The van der Waals surface area contributed by atoms with Crippen LogP contribution < -0.4 is 11.2 Å². The van der Waals surface area contributed by atoms with Gasteiger partial charge in [-0.05, 0) is 22.6 Å². The van der Waals surface area contributed by atoms with Crippen molar-refractivity contribution >= 4 is 30.4 Å². The predicted octanol–water partition coefficient (Wildman–Crippen LogP) is 0.599. The number of phosphoric ester groups is 1. The summed E-state index contributed by atoms with van der Waals surface area (Å²) in [4.78, 5) is 25.4. The zero-order valence-corrected chi connectivity index (χ0v) is 13.9. The van der Waals surface area contributed by atoms with Crippen molar-refractivity contribution in [3.63, 3.8) is 0 Å². The Morgan fingerprint density at radius 2 is 2.24 bits per heavy atom. The molecule has 1 N–H and O–H groups in total. The number of halogens is 1. The molecule has 11 heteroatoms. The highest BCUT2D eigenvalue weighted by Crippen LogP contribution is 2.55. The first-order valence-electron chi connectivity index (χ1n) is 6.07. The third-order valence-electron chi connectivity index (χ3n) is 3.30. The number of rotatable bonds is 2. The van der Waals surface area contributed by atoms with E-state index in [0.29, 0.717) is 9.99 Å². The Labute approximate surface area is 132 Å². The molecule has 2 aliphatic rings. The second-order valence-corrected chi connectivity index (χ2v) is 7.47. The van der Waals surface area contributed by atoms with Crippen molar-refractivity contribution in [2.24, 2.45) is 0 Å². The third kappa shape index (κ3) is 2.88. The van der Waals surface area contributed by atoms with Gasteiger partial charge < -0.3 is 4.74 Å². The van der Waals surface area contributed by atoms with Crippen molar-refractivity contribution in [1.82, 2.24) is 9.55 Å². The van der Waals surface area contributed by atoms with Crippen LogP contribution in [0, 0.1) is 3.57 Å². The van der Waals surface area contributed by atoms with Gasteiger partial charge >= 0.3 is 13.5 Å². The van der Waals surface area contributed by atoms with Crippen molar-refractivity contribution in [1.29, 1.82) is 0 Å². The second-order valence-electron chi connectivity index (χ2n) is 4.58.